The van der Waals surface area contributed by atoms with Crippen LogP contribution in [0.15, 0.2) is 36.4 Å². The fourth-order valence-corrected chi connectivity index (χ4v) is 8.72. The van der Waals surface area contributed by atoms with Gasteiger partial charge in [-0.05, 0) is 69.8 Å². The lowest BCUT2D eigenvalue weighted by atomic mass is 9.95. The smallest absolute Gasteiger partial charge is 0.319 e. The van der Waals surface area contributed by atoms with E-state index < -0.39 is 23.3 Å². The second kappa shape index (κ2) is 10.2. The van der Waals surface area contributed by atoms with Gasteiger partial charge in [-0.1, -0.05) is 17.4 Å². The topological polar surface area (TPSA) is 92.4 Å². The van der Waals surface area contributed by atoms with Gasteiger partial charge in [0.05, 0.1) is 21.3 Å². The first kappa shape index (κ1) is 28.0. The molecule has 8 rings (SSSR count). The molecule has 3 N–H and O–H groups in total. The molecule has 2 aromatic heterocycles. The molecule has 0 radical (unpaired) electrons. The number of nitrogen functional groups attached to an aromatic ring is 1. The lowest BCUT2D eigenvalue weighted by Gasteiger charge is -2.40. The Morgan fingerprint density at radius 3 is 2.64 bits per heavy atom. The molecule has 2 bridgehead atoms. The van der Waals surface area contributed by atoms with E-state index in [2.05, 4.69) is 20.2 Å². The van der Waals surface area contributed by atoms with E-state index in [-0.39, 0.29) is 50.6 Å². The molecule has 44 heavy (non-hydrogen) atoms. The van der Waals surface area contributed by atoms with E-state index in [0.29, 0.717) is 36.3 Å². The molecule has 0 saturated carbocycles. The largest absolute Gasteiger partial charge is 0.461 e. The molecule has 4 aromatic rings. The second-order valence-electron chi connectivity index (χ2n) is 12.5. The summed E-state index contributed by atoms with van der Waals surface area (Å²) in [5.41, 5.74) is 5.81. The van der Waals surface area contributed by atoms with E-state index in [0.717, 1.165) is 62.6 Å². The average Bonchev–Trinajstić information content (AvgIpc) is 3.74. The monoisotopic (exact) mass is 625 g/mol. The summed E-state index contributed by atoms with van der Waals surface area (Å²) in [4.78, 5) is 18.1. The molecule has 8 nitrogen and oxygen atoms in total. The van der Waals surface area contributed by atoms with Crippen molar-refractivity contribution in [3.8, 4) is 17.1 Å². The van der Waals surface area contributed by atoms with Crippen LogP contribution in [0.3, 0.4) is 0 Å². The Morgan fingerprint density at radius 1 is 1.05 bits per heavy atom. The van der Waals surface area contributed by atoms with Gasteiger partial charge in [-0.15, -0.1) is 0 Å². The molecule has 4 aliphatic rings. The minimum absolute atomic E-state index is 0.0232. The number of nitrogens with two attached hydrogens (primary N) is 1. The number of fused-ring (bicyclic) bond motifs is 5. The van der Waals surface area contributed by atoms with Crippen LogP contribution >= 0.6 is 11.3 Å². The molecule has 230 valence electrons. The molecular formula is C31H31F4N7OS. The Balaban J connectivity index is 1.25. The van der Waals surface area contributed by atoms with E-state index >= 15 is 4.39 Å². The van der Waals surface area contributed by atoms with Crippen molar-refractivity contribution in [3.63, 3.8) is 0 Å². The van der Waals surface area contributed by atoms with Gasteiger partial charge >= 0.3 is 6.01 Å². The van der Waals surface area contributed by atoms with Crippen LogP contribution in [0, 0.1) is 11.6 Å². The van der Waals surface area contributed by atoms with Crippen molar-refractivity contribution >= 4 is 43.4 Å². The third-order valence-electron chi connectivity index (χ3n) is 9.88. The highest BCUT2D eigenvalue weighted by molar-refractivity contribution is 7.22. The number of nitrogens with zero attached hydrogens (tertiary/aromatic N) is 5. The van der Waals surface area contributed by atoms with Gasteiger partial charge in [0.1, 0.15) is 23.8 Å². The van der Waals surface area contributed by atoms with Gasteiger partial charge in [0, 0.05) is 41.7 Å². The summed E-state index contributed by atoms with van der Waals surface area (Å²) in [5.74, 6) is -0.664. The highest BCUT2D eigenvalue weighted by Gasteiger charge is 2.46. The summed E-state index contributed by atoms with van der Waals surface area (Å²) in [6, 6.07) is 6.13. The third kappa shape index (κ3) is 4.50. The number of thiazole rings is 1. The van der Waals surface area contributed by atoms with E-state index in [4.69, 9.17) is 15.5 Å². The predicted molar refractivity (Wildman–Crippen MR) is 162 cm³/mol. The van der Waals surface area contributed by atoms with Crippen LogP contribution < -0.4 is 20.7 Å². The number of rotatable bonds is 6. The van der Waals surface area contributed by atoms with E-state index in [1.165, 1.54) is 12.1 Å². The van der Waals surface area contributed by atoms with Crippen LogP contribution in [0.25, 0.3) is 32.2 Å². The van der Waals surface area contributed by atoms with Gasteiger partial charge < -0.3 is 20.7 Å². The molecule has 4 fully saturated rings. The first-order valence-corrected chi connectivity index (χ1v) is 15.8. The fraction of sp³-hybridized carbons (Fsp3) is 0.452. The Morgan fingerprint density at radius 2 is 1.84 bits per heavy atom. The molecule has 0 spiro atoms. The zero-order valence-electron chi connectivity index (χ0n) is 23.9. The lowest BCUT2D eigenvalue weighted by molar-refractivity contribution is 0.108. The quantitative estimate of drug-likeness (QED) is 0.258. The maximum Gasteiger partial charge on any atom is 0.319 e. The number of benzene rings is 2. The standard InChI is InChI=1S/C31H31F4N7OS/c32-21-6-5-19(25-26(21)44-28(36)37-25)18-3-4-20-24(23(18)35)38-29(43-16-31-8-1-11-42(31)12-2-9-31)39-27(20)41-14-17-7-10-30(15-41,40-17)13-22(33)34/h3-6,13,17,40H,1-2,7-12,14-16H2,(H2,36,37)/t17-,30-/m1/s1. The Labute approximate surface area is 254 Å². The van der Waals surface area contributed by atoms with Gasteiger partial charge in [0.2, 0.25) is 0 Å². The Kier molecular flexibility index (Phi) is 6.51. The van der Waals surface area contributed by atoms with Crippen LogP contribution in [-0.2, 0) is 0 Å². The van der Waals surface area contributed by atoms with E-state index in [1.54, 1.807) is 12.1 Å². The normalized spacial score (nSPS) is 24.4. The molecule has 0 amide bonds. The van der Waals surface area contributed by atoms with Gasteiger partial charge in [0.25, 0.3) is 6.08 Å². The number of anilines is 2. The van der Waals surface area contributed by atoms with Crippen molar-refractivity contribution in [1.29, 1.82) is 0 Å². The van der Waals surface area contributed by atoms with Gasteiger partial charge in [-0.2, -0.15) is 18.7 Å². The van der Waals surface area contributed by atoms with Crippen molar-refractivity contribution in [1.82, 2.24) is 25.2 Å². The Hall–Kier alpha value is -3.55. The number of piperazine rings is 1. The second-order valence-corrected chi connectivity index (χ2v) is 13.6. The molecule has 4 aliphatic heterocycles. The van der Waals surface area contributed by atoms with Crippen molar-refractivity contribution in [2.75, 3.05) is 43.4 Å². The number of nitrogens with one attached hydrogen (secondary N) is 1. The van der Waals surface area contributed by atoms with E-state index in [1.807, 2.05) is 4.90 Å². The minimum atomic E-state index is -1.74. The number of hydrogen-bond acceptors (Lipinski definition) is 9. The van der Waals surface area contributed by atoms with Gasteiger partial charge in [-0.3, -0.25) is 4.90 Å². The first-order valence-electron chi connectivity index (χ1n) is 15.0. The fourth-order valence-electron chi connectivity index (χ4n) is 7.95. The summed E-state index contributed by atoms with van der Waals surface area (Å²) >= 11 is 1.01. The molecule has 4 saturated heterocycles. The SMILES string of the molecule is Nc1nc2c(-c3ccc4c(N5C[C@H]6CC[C@@](C=C(F)F)(C5)N6)nc(OCC56CCCN5CCC6)nc4c3F)ccc(F)c2s1. The number of hydrogen-bond donors (Lipinski definition) is 2. The van der Waals surface area contributed by atoms with Crippen LogP contribution in [0.4, 0.5) is 28.5 Å². The Bertz CT molecular complexity index is 1820. The van der Waals surface area contributed by atoms with Gasteiger partial charge in [0.15, 0.2) is 10.9 Å². The maximum atomic E-state index is 16.6. The van der Waals surface area contributed by atoms with Crippen LogP contribution in [0.1, 0.15) is 38.5 Å². The average molecular weight is 626 g/mol. The van der Waals surface area contributed by atoms with Crippen molar-refractivity contribution in [3.05, 3.63) is 48.1 Å². The maximum absolute atomic E-state index is 16.6. The zero-order valence-corrected chi connectivity index (χ0v) is 24.7. The summed E-state index contributed by atoms with van der Waals surface area (Å²) in [7, 11) is 0. The minimum Gasteiger partial charge on any atom is -0.461 e. The van der Waals surface area contributed by atoms with Crippen molar-refractivity contribution in [2.24, 2.45) is 0 Å². The van der Waals surface area contributed by atoms with Gasteiger partial charge in [-0.25, -0.2) is 13.8 Å². The zero-order chi connectivity index (χ0) is 30.2. The van der Waals surface area contributed by atoms with Crippen LogP contribution in [0.5, 0.6) is 6.01 Å². The third-order valence-corrected chi connectivity index (χ3v) is 10.8. The molecular weight excluding hydrogens is 594 g/mol. The summed E-state index contributed by atoms with van der Waals surface area (Å²) in [5, 5.41) is 3.97. The van der Waals surface area contributed by atoms with Crippen LogP contribution in [-0.4, -0.2) is 69.8 Å². The highest BCUT2D eigenvalue weighted by Crippen LogP contribution is 2.42. The number of halogens is 4. The summed E-state index contributed by atoms with van der Waals surface area (Å²) in [6.07, 6.45) is 4.79. The molecule has 0 aliphatic carbocycles. The molecule has 2 atom stereocenters. The van der Waals surface area contributed by atoms with Crippen molar-refractivity contribution in [2.45, 2.75) is 55.6 Å². The number of ether oxygens (including phenoxy) is 1. The summed E-state index contributed by atoms with van der Waals surface area (Å²) < 4.78 is 64.8. The number of aromatic nitrogens is 3. The molecule has 13 heteroatoms. The predicted octanol–water partition coefficient (Wildman–Crippen LogP) is 5.87. The molecule has 2 aromatic carbocycles. The first-order chi connectivity index (χ1) is 21.2. The summed E-state index contributed by atoms with van der Waals surface area (Å²) in [6.45, 7) is 3.21. The lowest BCUT2D eigenvalue weighted by Crippen LogP contribution is -2.59. The molecule has 6 heterocycles. The molecule has 0 unspecified atom stereocenters. The highest BCUT2D eigenvalue weighted by atomic mass is 32.1. The van der Waals surface area contributed by atoms with Crippen LogP contribution in [0.2, 0.25) is 0 Å². The van der Waals surface area contributed by atoms with E-state index in [9.17, 15) is 13.2 Å². The van der Waals surface area contributed by atoms with Crippen molar-refractivity contribution < 1.29 is 22.3 Å².